The fraction of sp³-hybridized carbons (Fsp3) is 0.368. The Morgan fingerprint density at radius 1 is 1.15 bits per heavy atom. The molecule has 1 saturated heterocycles. The van der Waals surface area contributed by atoms with Crippen molar-refractivity contribution in [3.05, 3.63) is 47.3 Å². The first-order valence-corrected chi connectivity index (χ1v) is 8.67. The summed E-state index contributed by atoms with van der Waals surface area (Å²) in [7, 11) is 0. The number of primary amides is 1. The number of carbonyl (C=O) groups excluding carboxylic acids is 1. The molecule has 0 atom stereocenters. The summed E-state index contributed by atoms with van der Waals surface area (Å²) >= 11 is 0. The van der Waals surface area contributed by atoms with Crippen LogP contribution in [0.1, 0.15) is 41.4 Å². The topological polar surface area (TPSA) is 99.1 Å². The maximum absolute atomic E-state index is 11.6. The molecule has 0 aromatic carbocycles. The van der Waals surface area contributed by atoms with Gasteiger partial charge in [0.15, 0.2) is 0 Å². The summed E-state index contributed by atoms with van der Waals surface area (Å²) in [5.41, 5.74) is 7.45. The lowest BCUT2D eigenvalue weighted by Crippen LogP contribution is -2.48. The van der Waals surface area contributed by atoms with Crippen LogP contribution in [0.5, 0.6) is 0 Å². The van der Waals surface area contributed by atoms with Crippen molar-refractivity contribution in [3.8, 4) is 6.07 Å². The average molecular weight is 350 g/mol. The van der Waals surface area contributed by atoms with Gasteiger partial charge < -0.3 is 15.5 Å². The maximum Gasteiger partial charge on any atom is 0.252 e. The molecule has 3 heterocycles. The van der Waals surface area contributed by atoms with E-state index in [1.54, 1.807) is 18.3 Å². The van der Waals surface area contributed by atoms with Gasteiger partial charge in [0.25, 0.3) is 5.91 Å². The number of nitrogens with zero attached hydrogens (tertiary/aromatic N) is 5. The minimum absolute atomic E-state index is 0.300. The van der Waals surface area contributed by atoms with E-state index < -0.39 is 5.91 Å². The summed E-state index contributed by atoms with van der Waals surface area (Å²) in [5.74, 6) is 1.17. The number of nitriles is 1. The van der Waals surface area contributed by atoms with Gasteiger partial charge in [-0.05, 0) is 30.2 Å². The molecule has 0 radical (unpaired) electrons. The number of nitrogens with two attached hydrogens (primary N) is 1. The second-order valence-electron chi connectivity index (χ2n) is 6.59. The highest BCUT2D eigenvalue weighted by Gasteiger charge is 2.24. The second kappa shape index (κ2) is 7.40. The van der Waals surface area contributed by atoms with Crippen LogP contribution in [0.4, 0.5) is 11.6 Å². The number of carbonyl (C=O) groups is 1. The summed E-state index contributed by atoms with van der Waals surface area (Å²) < 4.78 is 0. The summed E-state index contributed by atoms with van der Waals surface area (Å²) in [6.45, 7) is 6.91. The molecule has 134 valence electrons. The Balaban J connectivity index is 1.81. The van der Waals surface area contributed by atoms with E-state index in [9.17, 15) is 10.1 Å². The lowest BCUT2D eigenvalue weighted by atomic mass is 10.1. The van der Waals surface area contributed by atoms with Gasteiger partial charge in [0, 0.05) is 38.1 Å². The van der Waals surface area contributed by atoms with Crippen LogP contribution >= 0.6 is 0 Å². The predicted molar refractivity (Wildman–Crippen MR) is 100 cm³/mol. The Kier molecular flexibility index (Phi) is 5.03. The Hall–Kier alpha value is -3.14. The van der Waals surface area contributed by atoms with Crippen molar-refractivity contribution >= 4 is 17.5 Å². The Morgan fingerprint density at radius 3 is 2.38 bits per heavy atom. The number of pyridine rings is 2. The van der Waals surface area contributed by atoms with Crippen LogP contribution in [0.3, 0.4) is 0 Å². The molecule has 0 unspecified atom stereocenters. The number of aromatic nitrogens is 2. The van der Waals surface area contributed by atoms with Crippen molar-refractivity contribution in [2.45, 2.75) is 19.8 Å². The molecular formula is C19H22N6O. The zero-order valence-corrected chi connectivity index (χ0v) is 15.0. The molecule has 1 amide bonds. The monoisotopic (exact) mass is 350 g/mol. The molecule has 0 spiro atoms. The van der Waals surface area contributed by atoms with E-state index in [4.69, 9.17) is 10.7 Å². The van der Waals surface area contributed by atoms with Gasteiger partial charge in [0.05, 0.1) is 11.1 Å². The van der Waals surface area contributed by atoms with E-state index >= 15 is 0 Å². The number of hydrogen-bond acceptors (Lipinski definition) is 6. The lowest BCUT2D eigenvalue weighted by Gasteiger charge is -2.37. The molecule has 0 aliphatic carbocycles. The quantitative estimate of drug-likeness (QED) is 0.904. The van der Waals surface area contributed by atoms with Gasteiger partial charge in [-0.1, -0.05) is 13.8 Å². The van der Waals surface area contributed by atoms with Crippen molar-refractivity contribution in [1.82, 2.24) is 9.97 Å². The summed E-state index contributed by atoms with van der Waals surface area (Å²) in [4.78, 5) is 24.8. The first kappa shape index (κ1) is 17.7. The van der Waals surface area contributed by atoms with Crippen molar-refractivity contribution in [2.75, 3.05) is 36.0 Å². The van der Waals surface area contributed by atoms with E-state index in [0.717, 1.165) is 11.5 Å². The molecule has 2 aromatic heterocycles. The van der Waals surface area contributed by atoms with Crippen molar-refractivity contribution < 1.29 is 4.79 Å². The van der Waals surface area contributed by atoms with Crippen LogP contribution in [0.2, 0.25) is 0 Å². The number of rotatable bonds is 4. The van der Waals surface area contributed by atoms with Gasteiger partial charge in [0.2, 0.25) is 0 Å². The number of piperazine rings is 1. The highest BCUT2D eigenvalue weighted by Crippen LogP contribution is 2.25. The Morgan fingerprint density at radius 2 is 1.81 bits per heavy atom. The first-order chi connectivity index (χ1) is 12.5. The lowest BCUT2D eigenvalue weighted by molar-refractivity contribution is 0.100. The highest BCUT2D eigenvalue weighted by atomic mass is 16.1. The second-order valence-corrected chi connectivity index (χ2v) is 6.59. The number of anilines is 2. The first-order valence-electron chi connectivity index (χ1n) is 8.67. The van der Waals surface area contributed by atoms with Gasteiger partial charge in [-0.25, -0.2) is 9.97 Å². The predicted octanol–water partition coefficient (Wildman–Crippen LogP) is 1.90. The van der Waals surface area contributed by atoms with Crippen molar-refractivity contribution in [3.63, 3.8) is 0 Å². The zero-order valence-electron chi connectivity index (χ0n) is 15.0. The molecule has 0 bridgehead atoms. The van der Waals surface area contributed by atoms with Crippen LogP contribution in [-0.4, -0.2) is 42.1 Å². The minimum Gasteiger partial charge on any atom is -0.365 e. The third kappa shape index (κ3) is 3.45. The molecule has 3 rings (SSSR count). The third-order valence-corrected chi connectivity index (χ3v) is 4.54. The van der Waals surface area contributed by atoms with Crippen LogP contribution in [0.25, 0.3) is 0 Å². The van der Waals surface area contributed by atoms with Crippen LogP contribution in [0, 0.1) is 11.3 Å². The third-order valence-electron chi connectivity index (χ3n) is 4.54. The minimum atomic E-state index is -0.478. The Labute approximate surface area is 153 Å². The molecule has 7 nitrogen and oxygen atoms in total. The van der Waals surface area contributed by atoms with E-state index in [1.807, 2.05) is 12.1 Å². The molecule has 0 saturated carbocycles. The summed E-state index contributed by atoms with van der Waals surface area (Å²) in [6.07, 6.45) is 1.66. The van der Waals surface area contributed by atoms with Crippen LogP contribution in [0.15, 0.2) is 30.5 Å². The van der Waals surface area contributed by atoms with Gasteiger partial charge >= 0.3 is 0 Å². The maximum atomic E-state index is 11.6. The molecule has 1 fully saturated rings. The van der Waals surface area contributed by atoms with Crippen LogP contribution < -0.4 is 15.5 Å². The van der Waals surface area contributed by atoms with E-state index in [1.165, 1.54) is 0 Å². The van der Waals surface area contributed by atoms with E-state index in [0.29, 0.717) is 49.0 Å². The largest absolute Gasteiger partial charge is 0.365 e. The smallest absolute Gasteiger partial charge is 0.252 e. The normalized spacial score (nSPS) is 14.4. The molecular weight excluding hydrogens is 328 g/mol. The van der Waals surface area contributed by atoms with E-state index in [2.05, 4.69) is 34.7 Å². The molecule has 1 aliphatic rings. The number of hydrogen-bond donors (Lipinski definition) is 1. The van der Waals surface area contributed by atoms with Crippen molar-refractivity contribution in [2.24, 2.45) is 5.73 Å². The fourth-order valence-electron chi connectivity index (χ4n) is 3.08. The molecule has 26 heavy (non-hydrogen) atoms. The van der Waals surface area contributed by atoms with Gasteiger partial charge in [-0.3, -0.25) is 4.79 Å². The van der Waals surface area contributed by atoms with Gasteiger partial charge in [-0.15, -0.1) is 0 Å². The zero-order chi connectivity index (χ0) is 18.7. The SMILES string of the molecule is CC(C)c1ccc(C#N)c(N2CCN(c3ncccc3C(N)=O)CC2)n1. The van der Waals surface area contributed by atoms with Gasteiger partial charge in [0.1, 0.15) is 17.7 Å². The summed E-state index contributed by atoms with van der Waals surface area (Å²) in [6, 6.07) is 9.39. The van der Waals surface area contributed by atoms with Gasteiger partial charge in [-0.2, -0.15) is 5.26 Å². The average Bonchev–Trinajstić information content (AvgIpc) is 2.67. The fourth-order valence-corrected chi connectivity index (χ4v) is 3.08. The highest BCUT2D eigenvalue weighted by molar-refractivity contribution is 5.97. The van der Waals surface area contributed by atoms with E-state index in [-0.39, 0.29) is 0 Å². The summed E-state index contributed by atoms with van der Waals surface area (Å²) in [5, 5.41) is 9.42. The number of amides is 1. The van der Waals surface area contributed by atoms with Crippen molar-refractivity contribution in [1.29, 1.82) is 5.26 Å². The molecule has 2 aromatic rings. The molecule has 7 heteroatoms. The Bertz CT molecular complexity index is 849. The molecule has 2 N–H and O–H groups in total. The van der Waals surface area contributed by atoms with Crippen LogP contribution in [-0.2, 0) is 0 Å². The standard InChI is InChI=1S/C19H22N6O/c1-13(2)16-6-5-14(12-20)18(23-16)24-8-10-25(11-9-24)19-15(17(21)26)4-3-7-22-19/h3-7,13H,8-11H2,1-2H3,(H2,21,26). The molecule has 1 aliphatic heterocycles.